The molecule has 2 N–H and O–H groups in total. The molecule has 0 amide bonds. The number of rotatable bonds is 4. The van der Waals surface area contributed by atoms with Crippen molar-refractivity contribution in [2.45, 2.75) is 6.54 Å². The highest BCUT2D eigenvalue weighted by atomic mass is 16.4. The van der Waals surface area contributed by atoms with Gasteiger partial charge in [-0.3, -0.25) is 4.98 Å². The molecule has 0 bridgehead atoms. The molecule has 0 aliphatic carbocycles. The van der Waals surface area contributed by atoms with Crippen molar-refractivity contribution in [3.63, 3.8) is 0 Å². The standard InChI is InChI=1S/C13H17N3O2/c1-16(8-10-5-14-6-10)7-9-2-3-11-12(4-9)18-13(17)15-11/h2-4,10,14H,5-8H2,1H3,(H,15,17). The first-order chi connectivity index (χ1) is 8.70. The summed E-state index contributed by atoms with van der Waals surface area (Å²) >= 11 is 0. The van der Waals surface area contributed by atoms with Crippen LogP contribution in [0.25, 0.3) is 11.1 Å². The molecule has 1 fully saturated rings. The van der Waals surface area contributed by atoms with Gasteiger partial charge in [-0.05, 0) is 30.7 Å². The summed E-state index contributed by atoms with van der Waals surface area (Å²) in [4.78, 5) is 16.0. The van der Waals surface area contributed by atoms with Crippen LogP contribution in [0.15, 0.2) is 27.4 Å². The quantitative estimate of drug-likeness (QED) is 0.838. The number of H-pyrrole nitrogens is 1. The van der Waals surface area contributed by atoms with Crippen LogP contribution in [0.2, 0.25) is 0 Å². The predicted molar refractivity (Wildman–Crippen MR) is 69.5 cm³/mol. The van der Waals surface area contributed by atoms with Crippen molar-refractivity contribution in [1.82, 2.24) is 15.2 Å². The second-order valence-electron chi connectivity index (χ2n) is 5.07. The van der Waals surface area contributed by atoms with Crippen LogP contribution >= 0.6 is 0 Å². The molecule has 0 unspecified atom stereocenters. The molecular formula is C13H17N3O2. The largest absolute Gasteiger partial charge is 0.417 e. The number of oxazole rings is 1. The zero-order valence-corrected chi connectivity index (χ0v) is 10.4. The molecule has 1 aromatic carbocycles. The first-order valence-electron chi connectivity index (χ1n) is 6.22. The maximum absolute atomic E-state index is 11.1. The molecule has 96 valence electrons. The summed E-state index contributed by atoms with van der Waals surface area (Å²) in [6.07, 6.45) is 0. The average Bonchev–Trinajstić information content (AvgIpc) is 2.63. The van der Waals surface area contributed by atoms with Gasteiger partial charge in [-0.25, -0.2) is 4.79 Å². The number of hydrogen-bond donors (Lipinski definition) is 2. The number of hydrogen-bond acceptors (Lipinski definition) is 4. The zero-order valence-electron chi connectivity index (χ0n) is 10.4. The van der Waals surface area contributed by atoms with E-state index in [2.05, 4.69) is 22.2 Å². The molecule has 0 atom stereocenters. The first kappa shape index (κ1) is 11.5. The maximum atomic E-state index is 11.1. The highest BCUT2D eigenvalue weighted by molar-refractivity contribution is 5.72. The number of nitrogens with zero attached hydrogens (tertiary/aromatic N) is 1. The van der Waals surface area contributed by atoms with Crippen LogP contribution in [0.4, 0.5) is 0 Å². The summed E-state index contributed by atoms with van der Waals surface area (Å²) in [7, 11) is 2.12. The van der Waals surface area contributed by atoms with Gasteiger partial charge in [0.05, 0.1) is 5.52 Å². The van der Waals surface area contributed by atoms with Gasteiger partial charge in [0.1, 0.15) is 0 Å². The Hall–Kier alpha value is -1.59. The predicted octanol–water partition coefficient (Wildman–Crippen LogP) is 0.772. The van der Waals surface area contributed by atoms with Crippen molar-refractivity contribution in [1.29, 1.82) is 0 Å². The average molecular weight is 247 g/mol. The van der Waals surface area contributed by atoms with Crippen molar-refractivity contribution in [2.24, 2.45) is 5.92 Å². The Bertz CT molecular complexity index is 598. The lowest BCUT2D eigenvalue weighted by Gasteiger charge is -2.31. The Labute approximate surface area is 105 Å². The first-order valence-corrected chi connectivity index (χ1v) is 6.22. The summed E-state index contributed by atoms with van der Waals surface area (Å²) in [5.41, 5.74) is 2.56. The van der Waals surface area contributed by atoms with E-state index in [1.807, 2.05) is 18.2 Å². The van der Waals surface area contributed by atoms with Gasteiger partial charge >= 0.3 is 5.76 Å². The minimum absolute atomic E-state index is 0.393. The summed E-state index contributed by atoms with van der Waals surface area (Å²) in [6, 6.07) is 5.86. The highest BCUT2D eigenvalue weighted by Crippen LogP contribution is 2.14. The summed E-state index contributed by atoms with van der Waals surface area (Å²) in [6.45, 7) is 4.22. The van der Waals surface area contributed by atoms with E-state index in [1.165, 1.54) is 5.56 Å². The van der Waals surface area contributed by atoms with Crippen molar-refractivity contribution < 1.29 is 4.42 Å². The van der Waals surface area contributed by atoms with E-state index in [1.54, 1.807) is 0 Å². The SMILES string of the molecule is CN(Cc1ccc2[nH]c(=O)oc2c1)CC1CNC1. The molecule has 1 aliphatic heterocycles. The second kappa shape index (κ2) is 4.59. The van der Waals surface area contributed by atoms with Gasteiger partial charge in [0, 0.05) is 26.2 Å². The van der Waals surface area contributed by atoms with Gasteiger partial charge in [-0.15, -0.1) is 0 Å². The molecule has 2 heterocycles. The van der Waals surface area contributed by atoms with Crippen LogP contribution in [0.3, 0.4) is 0 Å². The van der Waals surface area contributed by atoms with Crippen LogP contribution in [-0.2, 0) is 6.54 Å². The molecule has 0 radical (unpaired) electrons. The van der Waals surface area contributed by atoms with Gasteiger partial charge in [0.15, 0.2) is 5.58 Å². The minimum Gasteiger partial charge on any atom is -0.408 e. The monoisotopic (exact) mass is 247 g/mol. The van der Waals surface area contributed by atoms with Gasteiger partial charge < -0.3 is 14.6 Å². The Morgan fingerprint density at radius 3 is 3.00 bits per heavy atom. The molecule has 0 spiro atoms. The Morgan fingerprint density at radius 1 is 1.44 bits per heavy atom. The Morgan fingerprint density at radius 2 is 2.28 bits per heavy atom. The van der Waals surface area contributed by atoms with E-state index >= 15 is 0 Å². The number of nitrogens with one attached hydrogen (secondary N) is 2. The van der Waals surface area contributed by atoms with E-state index in [4.69, 9.17) is 4.42 Å². The molecule has 0 saturated carbocycles. The van der Waals surface area contributed by atoms with Crippen LogP contribution in [0, 0.1) is 5.92 Å². The lowest BCUT2D eigenvalue weighted by atomic mass is 10.0. The Balaban J connectivity index is 1.71. The fourth-order valence-corrected chi connectivity index (χ4v) is 2.38. The van der Waals surface area contributed by atoms with Crippen molar-refractivity contribution >= 4 is 11.1 Å². The van der Waals surface area contributed by atoms with E-state index in [0.29, 0.717) is 5.58 Å². The molecule has 18 heavy (non-hydrogen) atoms. The molecule has 3 rings (SSSR count). The summed E-state index contributed by atoms with van der Waals surface area (Å²) < 4.78 is 5.06. The number of aromatic nitrogens is 1. The molecule has 5 nitrogen and oxygen atoms in total. The van der Waals surface area contributed by atoms with Gasteiger partial charge in [-0.1, -0.05) is 6.07 Å². The van der Waals surface area contributed by atoms with Gasteiger partial charge in [-0.2, -0.15) is 0 Å². The van der Waals surface area contributed by atoms with Crippen LogP contribution in [0.1, 0.15) is 5.56 Å². The fourth-order valence-electron chi connectivity index (χ4n) is 2.38. The highest BCUT2D eigenvalue weighted by Gasteiger charge is 2.18. The number of fused-ring (bicyclic) bond motifs is 1. The third-order valence-corrected chi connectivity index (χ3v) is 3.37. The topological polar surface area (TPSA) is 61.3 Å². The van der Waals surface area contributed by atoms with E-state index in [0.717, 1.165) is 37.6 Å². The lowest BCUT2D eigenvalue weighted by molar-refractivity contribution is 0.218. The zero-order chi connectivity index (χ0) is 12.5. The van der Waals surface area contributed by atoms with E-state index < -0.39 is 5.76 Å². The lowest BCUT2D eigenvalue weighted by Crippen LogP contribution is -2.47. The van der Waals surface area contributed by atoms with Crippen molar-refractivity contribution in [2.75, 3.05) is 26.7 Å². The van der Waals surface area contributed by atoms with E-state index in [-0.39, 0.29) is 0 Å². The number of aromatic amines is 1. The molecule has 1 aliphatic rings. The third-order valence-electron chi connectivity index (χ3n) is 3.37. The summed E-state index contributed by atoms with van der Waals surface area (Å²) in [5, 5.41) is 3.28. The fraction of sp³-hybridized carbons (Fsp3) is 0.462. The second-order valence-corrected chi connectivity index (χ2v) is 5.07. The number of benzene rings is 1. The normalized spacial score (nSPS) is 16.3. The minimum atomic E-state index is -0.393. The van der Waals surface area contributed by atoms with Crippen LogP contribution in [-0.4, -0.2) is 36.6 Å². The molecule has 1 aromatic heterocycles. The Kier molecular flexibility index (Phi) is 2.93. The van der Waals surface area contributed by atoms with Gasteiger partial charge in [0.2, 0.25) is 0 Å². The third kappa shape index (κ3) is 2.32. The molecular weight excluding hydrogens is 230 g/mol. The van der Waals surface area contributed by atoms with Crippen LogP contribution in [0.5, 0.6) is 0 Å². The smallest absolute Gasteiger partial charge is 0.408 e. The molecule has 1 saturated heterocycles. The van der Waals surface area contributed by atoms with Crippen LogP contribution < -0.4 is 11.1 Å². The maximum Gasteiger partial charge on any atom is 0.417 e. The van der Waals surface area contributed by atoms with Crippen molar-refractivity contribution in [3.05, 3.63) is 34.3 Å². The molecule has 5 heteroatoms. The summed E-state index contributed by atoms with van der Waals surface area (Å²) in [5.74, 6) is 0.375. The van der Waals surface area contributed by atoms with Crippen molar-refractivity contribution in [3.8, 4) is 0 Å². The van der Waals surface area contributed by atoms with Gasteiger partial charge in [0.25, 0.3) is 0 Å². The molecule has 2 aromatic rings. The van der Waals surface area contributed by atoms with E-state index in [9.17, 15) is 4.79 Å².